The molecule has 0 radical (unpaired) electrons. The summed E-state index contributed by atoms with van der Waals surface area (Å²) < 4.78 is 0. The molecule has 0 fully saturated rings. The lowest BCUT2D eigenvalue weighted by Gasteiger charge is -2.33. The van der Waals surface area contributed by atoms with E-state index in [2.05, 4.69) is 30.7 Å². The van der Waals surface area contributed by atoms with E-state index >= 15 is 0 Å². The Morgan fingerprint density at radius 1 is 1.19 bits per heavy atom. The minimum atomic E-state index is -0.0170. The van der Waals surface area contributed by atoms with Crippen molar-refractivity contribution in [2.75, 3.05) is 23.9 Å². The Hall–Kier alpha value is -1.83. The molecule has 5 heteroatoms. The highest BCUT2D eigenvalue weighted by atomic mass is 15.2. The van der Waals surface area contributed by atoms with Gasteiger partial charge in [-0.05, 0) is 20.8 Å². The van der Waals surface area contributed by atoms with Crippen LogP contribution in [-0.2, 0) is 0 Å². The number of hydrogen-bond acceptors (Lipinski definition) is 5. The van der Waals surface area contributed by atoms with Gasteiger partial charge in [-0.1, -0.05) is 0 Å². The summed E-state index contributed by atoms with van der Waals surface area (Å²) in [7, 11) is 3.64. The Morgan fingerprint density at radius 2 is 1.75 bits per heavy atom. The Kier molecular flexibility index (Phi) is 3.33. The summed E-state index contributed by atoms with van der Waals surface area (Å²) in [5.41, 5.74) is -0.0170. The molecule has 0 amide bonds. The molecule has 0 aromatic carbocycles. The second-order valence-electron chi connectivity index (χ2n) is 4.62. The lowest BCUT2D eigenvalue weighted by Crippen LogP contribution is -2.38. The van der Waals surface area contributed by atoms with Gasteiger partial charge in [-0.25, -0.2) is 9.97 Å². The molecule has 0 unspecified atom stereocenters. The van der Waals surface area contributed by atoms with Crippen molar-refractivity contribution in [3.8, 4) is 6.19 Å². The lowest BCUT2D eigenvalue weighted by atomic mass is 10.1. The van der Waals surface area contributed by atoms with E-state index < -0.39 is 0 Å². The van der Waals surface area contributed by atoms with Crippen molar-refractivity contribution in [3.05, 3.63) is 12.4 Å². The highest BCUT2D eigenvalue weighted by Crippen LogP contribution is 2.21. The summed E-state index contributed by atoms with van der Waals surface area (Å²) in [6.07, 6.45) is 3.48. The molecule has 0 aliphatic carbocycles. The van der Waals surface area contributed by atoms with E-state index in [4.69, 9.17) is 5.26 Å². The van der Waals surface area contributed by atoms with Crippen LogP contribution in [0.3, 0.4) is 0 Å². The molecule has 1 aromatic rings. The van der Waals surface area contributed by atoms with Gasteiger partial charge < -0.3 is 4.90 Å². The molecule has 0 saturated carbocycles. The fraction of sp³-hybridized carbons (Fsp3) is 0.545. The van der Waals surface area contributed by atoms with E-state index in [1.165, 1.54) is 11.2 Å². The van der Waals surface area contributed by atoms with Crippen LogP contribution in [0.4, 0.5) is 11.6 Å². The quantitative estimate of drug-likeness (QED) is 0.559. The first-order valence-electron chi connectivity index (χ1n) is 5.05. The van der Waals surface area contributed by atoms with E-state index in [1.54, 1.807) is 13.1 Å². The minimum Gasteiger partial charge on any atom is -0.355 e. The van der Waals surface area contributed by atoms with Crippen LogP contribution in [-0.4, -0.2) is 29.6 Å². The first-order valence-corrected chi connectivity index (χ1v) is 5.05. The molecule has 1 aromatic heterocycles. The third-order valence-corrected chi connectivity index (χ3v) is 2.48. The maximum atomic E-state index is 8.78. The van der Waals surface area contributed by atoms with Crippen LogP contribution in [0.15, 0.2) is 12.4 Å². The summed E-state index contributed by atoms with van der Waals surface area (Å²) in [6.45, 7) is 6.30. The molecule has 0 spiro atoms. The van der Waals surface area contributed by atoms with Gasteiger partial charge in [0, 0.05) is 25.7 Å². The highest BCUT2D eigenvalue weighted by Gasteiger charge is 2.19. The van der Waals surface area contributed by atoms with E-state index in [-0.39, 0.29) is 5.54 Å². The molecular formula is C11H17N5. The minimum absolute atomic E-state index is 0.0170. The molecule has 0 atom stereocenters. The van der Waals surface area contributed by atoms with Gasteiger partial charge in [0.1, 0.15) is 18.0 Å². The molecular weight excluding hydrogens is 202 g/mol. The van der Waals surface area contributed by atoms with Crippen molar-refractivity contribution in [1.29, 1.82) is 5.26 Å². The van der Waals surface area contributed by atoms with Crippen molar-refractivity contribution in [2.45, 2.75) is 26.3 Å². The van der Waals surface area contributed by atoms with Crippen LogP contribution < -0.4 is 9.80 Å². The third kappa shape index (κ3) is 2.60. The Bertz CT molecular complexity index is 402. The average Bonchev–Trinajstić information content (AvgIpc) is 2.26. The highest BCUT2D eigenvalue weighted by molar-refractivity contribution is 5.52. The average molecular weight is 219 g/mol. The smallest absolute Gasteiger partial charge is 0.185 e. The summed E-state index contributed by atoms with van der Waals surface area (Å²) in [4.78, 5) is 11.7. The molecule has 0 bridgehead atoms. The molecule has 86 valence electrons. The normalized spacial score (nSPS) is 10.8. The Morgan fingerprint density at radius 3 is 2.25 bits per heavy atom. The number of hydrogen-bond donors (Lipinski definition) is 0. The second kappa shape index (κ2) is 4.35. The van der Waals surface area contributed by atoms with Gasteiger partial charge in [-0.2, -0.15) is 5.26 Å². The van der Waals surface area contributed by atoms with Crippen molar-refractivity contribution < 1.29 is 0 Å². The molecule has 0 saturated heterocycles. The summed E-state index contributed by atoms with van der Waals surface area (Å²) in [5, 5.41) is 8.78. The topological polar surface area (TPSA) is 56.1 Å². The van der Waals surface area contributed by atoms with E-state index in [1.807, 2.05) is 18.1 Å². The molecule has 0 N–H and O–H groups in total. The lowest BCUT2D eigenvalue weighted by molar-refractivity contribution is 0.533. The first kappa shape index (κ1) is 12.2. The van der Waals surface area contributed by atoms with Crippen LogP contribution in [0, 0.1) is 11.5 Å². The first-order chi connectivity index (χ1) is 7.36. The predicted molar refractivity (Wildman–Crippen MR) is 64.2 cm³/mol. The summed E-state index contributed by atoms with van der Waals surface area (Å²) >= 11 is 0. The van der Waals surface area contributed by atoms with Gasteiger partial charge in [-0.15, -0.1) is 0 Å². The van der Waals surface area contributed by atoms with Gasteiger partial charge in [0.2, 0.25) is 0 Å². The van der Waals surface area contributed by atoms with E-state index in [0.29, 0.717) is 5.82 Å². The molecule has 16 heavy (non-hydrogen) atoms. The number of nitriles is 1. The number of nitrogens with zero attached hydrogens (tertiary/aromatic N) is 5. The zero-order valence-corrected chi connectivity index (χ0v) is 10.4. The molecule has 1 heterocycles. The monoisotopic (exact) mass is 219 g/mol. The van der Waals surface area contributed by atoms with Crippen LogP contribution >= 0.6 is 0 Å². The van der Waals surface area contributed by atoms with Gasteiger partial charge in [0.15, 0.2) is 6.19 Å². The summed E-state index contributed by atoms with van der Waals surface area (Å²) in [5.74, 6) is 1.41. The van der Waals surface area contributed by atoms with Crippen LogP contribution in [0.25, 0.3) is 0 Å². The van der Waals surface area contributed by atoms with Crippen molar-refractivity contribution in [3.63, 3.8) is 0 Å². The second-order valence-corrected chi connectivity index (χ2v) is 4.62. The van der Waals surface area contributed by atoms with Crippen LogP contribution in [0.2, 0.25) is 0 Å². The van der Waals surface area contributed by atoms with E-state index in [0.717, 1.165) is 5.82 Å². The van der Waals surface area contributed by atoms with Gasteiger partial charge >= 0.3 is 0 Å². The third-order valence-electron chi connectivity index (χ3n) is 2.48. The van der Waals surface area contributed by atoms with Gasteiger partial charge in [-0.3, -0.25) is 4.90 Å². The van der Waals surface area contributed by atoms with Crippen molar-refractivity contribution in [2.24, 2.45) is 0 Å². The van der Waals surface area contributed by atoms with Gasteiger partial charge in [0.05, 0.1) is 0 Å². The standard InChI is InChI=1S/C11H17N5/c1-11(2,3)16(5)10-6-9(13-8-14-10)15(4)7-12/h6,8H,1-5H3. The van der Waals surface area contributed by atoms with E-state index in [9.17, 15) is 0 Å². The Labute approximate surface area is 96.3 Å². The fourth-order valence-electron chi connectivity index (χ4n) is 1.10. The fourth-order valence-corrected chi connectivity index (χ4v) is 1.10. The maximum absolute atomic E-state index is 8.78. The summed E-state index contributed by atoms with van der Waals surface area (Å²) in [6, 6.07) is 1.80. The Balaban J connectivity index is 3.05. The number of aromatic nitrogens is 2. The molecule has 5 nitrogen and oxygen atoms in total. The largest absolute Gasteiger partial charge is 0.355 e. The van der Waals surface area contributed by atoms with Crippen LogP contribution in [0.1, 0.15) is 20.8 Å². The van der Waals surface area contributed by atoms with Crippen molar-refractivity contribution >= 4 is 11.6 Å². The molecule has 1 rings (SSSR count). The zero-order valence-electron chi connectivity index (χ0n) is 10.4. The van der Waals surface area contributed by atoms with Crippen LogP contribution in [0.5, 0.6) is 0 Å². The number of anilines is 2. The predicted octanol–water partition coefficient (Wildman–Crippen LogP) is 1.63. The number of rotatable bonds is 2. The van der Waals surface area contributed by atoms with Gasteiger partial charge in [0.25, 0.3) is 0 Å². The maximum Gasteiger partial charge on any atom is 0.185 e. The molecule has 0 aliphatic heterocycles. The SMILES string of the molecule is CN(C#N)c1cc(N(C)C(C)(C)C)ncn1. The zero-order chi connectivity index (χ0) is 12.3. The van der Waals surface area contributed by atoms with Crippen molar-refractivity contribution in [1.82, 2.24) is 9.97 Å². The molecule has 0 aliphatic rings.